The number of fused-ring (bicyclic) bond motifs is 1. The lowest BCUT2D eigenvalue weighted by Gasteiger charge is -2.55. The standard InChI is InChI=1S/C23H28N2O3.C6H8O7/c1-27-19-11-10-15(13-20(19)28-2)22-17-8-3-4-9-18(17)23(22)25-21(26)14-16-7-5-6-12-24-16;7-3(8)1-6(13,5(11)12)2-4(9)10/h5-7,10-13,17-18,22-23H,3-4,8-9,14H2,1-2H3,(H,25,26);13H,1-2H2,(H,7,8)(H,9,10)(H,11,12)/t17?,18?,22-,23-;/m0./s1. The summed E-state index contributed by atoms with van der Waals surface area (Å²) >= 11 is 0. The van der Waals surface area contributed by atoms with Gasteiger partial charge in [0.2, 0.25) is 5.91 Å². The molecule has 2 fully saturated rings. The maximum Gasteiger partial charge on any atom is 0.336 e. The van der Waals surface area contributed by atoms with E-state index in [1.807, 2.05) is 24.3 Å². The molecule has 41 heavy (non-hydrogen) atoms. The summed E-state index contributed by atoms with van der Waals surface area (Å²) in [6, 6.07) is 12.0. The van der Waals surface area contributed by atoms with Crippen LogP contribution in [-0.4, -0.2) is 75.1 Å². The molecule has 2 aromatic rings. The van der Waals surface area contributed by atoms with Gasteiger partial charge in [-0.2, -0.15) is 0 Å². The fourth-order valence-corrected chi connectivity index (χ4v) is 5.80. The molecule has 1 amide bonds. The van der Waals surface area contributed by atoms with E-state index < -0.39 is 36.4 Å². The van der Waals surface area contributed by atoms with Crippen LogP contribution < -0.4 is 14.8 Å². The number of nitrogens with zero attached hydrogens (tertiary/aromatic N) is 1. The molecule has 1 aromatic carbocycles. The molecule has 0 bridgehead atoms. The van der Waals surface area contributed by atoms with Crippen molar-refractivity contribution in [3.05, 3.63) is 53.9 Å². The summed E-state index contributed by atoms with van der Waals surface area (Å²) in [5.74, 6) is -1.95. The molecule has 0 saturated heterocycles. The SMILES string of the molecule is COc1ccc([C@H]2C3CCCCC3[C@@H]2NC(=O)Cc2ccccn2)cc1OC.O=C(O)CC(O)(CC(=O)O)C(=O)O. The zero-order valence-corrected chi connectivity index (χ0v) is 23.0. The van der Waals surface area contributed by atoms with Gasteiger partial charge in [-0.25, -0.2) is 4.79 Å². The number of hydrogen-bond donors (Lipinski definition) is 5. The largest absolute Gasteiger partial charge is 0.493 e. The lowest BCUT2D eigenvalue weighted by Crippen LogP contribution is -2.59. The van der Waals surface area contributed by atoms with Gasteiger partial charge < -0.3 is 35.2 Å². The predicted octanol–water partition coefficient (Wildman–Crippen LogP) is 2.48. The normalized spacial score (nSPS) is 21.1. The first-order valence-corrected chi connectivity index (χ1v) is 13.3. The lowest BCUT2D eigenvalue weighted by molar-refractivity contribution is -0.170. The molecule has 2 aliphatic rings. The van der Waals surface area contributed by atoms with Gasteiger partial charge in [0.1, 0.15) is 0 Å². The van der Waals surface area contributed by atoms with Crippen LogP contribution in [0.5, 0.6) is 11.5 Å². The highest BCUT2D eigenvalue weighted by molar-refractivity contribution is 5.88. The summed E-state index contributed by atoms with van der Waals surface area (Å²) in [6.07, 6.45) is 4.73. The van der Waals surface area contributed by atoms with Crippen LogP contribution in [0, 0.1) is 11.8 Å². The third kappa shape index (κ3) is 7.94. The van der Waals surface area contributed by atoms with Crippen molar-refractivity contribution < 1.29 is 49.1 Å². The Kier molecular flexibility index (Phi) is 10.6. The van der Waals surface area contributed by atoms with Crippen LogP contribution in [0.1, 0.15) is 55.7 Å². The van der Waals surface area contributed by atoms with Crippen molar-refractivity contribution in [1.82, 2.24) is 10.3 Å². The molecule has 2 aliphatic carbocycles. The minimum Gasteiger partial charge on any atom is -0.493 e. The van der Waals surface area contributed by atoms with Crippen LogP contribution in [0.25, 0.3) is 0 Å². The quantitative estimate of drug-likeness (QED) is 0.266. The van der Waals surface area contributed by atoms with Crippen molar-refractivity contribution in [2.75, 3.05) is 14.2 Å². The van der Waals surface area contributed by atoms with E-state index in [2.05, 4.69) is 22.4 Å². The van der Waals surface area contributed by atoms with Gasteiger partial charge in [-0.15, -0.1) is 0 Å². The van der Waals surface area contributed by atoms with Crippen molar-refractivity contribution in [3.8, 4) is 11.5 Å². The molecule has 1 aromatic heterocycles. The molecule has 4 rings (SSSR count). The molecule has 5 N–H and O–H groups in total. The summed E-state index contributed by atoms with van der Waals surface area (Å²) in [6.45, 7) is 0. The molecule has 2 saturated carbocycles. The number of pyridine rings is 1. The second kappa shape index (κ2) is 13.9. The van der Waals surface area contributed by atoms with E-state index in [4.69, 9.17) is 29.9 Å². The van der Waals surface area contributed by atoms with Gasteiger partial charge in [-0.05, 0) is 54.5 Å². The summed E-state index contributed by atoms with van der Waals surface area (Å²) in [5, 5.41) is 37.1. The smallest absolute Gasteiger partial charge is 0.336 e. The van der Waals surface area contributed by atoms with Crippen molar-refractivity contribution in [1.29, 1.82) is 0 Å². The molecule has 0 spiro atoms. The fraction of sp³-hybridized carbons (Fsp3) is 0.483. The molecule has 12 nitrogen and oxygen atoms in total. The number of nitrogens with one attached hydrogen (secondary N) is 1. The van der Waals surface area contributed by atoms with Crippen LogP contribution in [0.15, 0.2) is 42.6 Å². The Hall–Kier alpha value is -4.19. The van der Waals surface area contributed by atoms with Gasteiger partial charge in [-0.1, -0.05) is 25.0 Å². The Morgan fingerprint density at radius 3 is 2.10 bits per heavy atom. The number of carbonyl (C=O) groups excluding carboxylic acids is 1. The number of rotatable bonds is 11. The molecule has 4 atom stereocenters. The van der Waals surface area contributed by atoms with Gasteiger partial charge in [0.25, 0.3) is 0 Å². The summed E-state index contributed by atoms with van der Waals surface area (Å²) in [7, 11) is 3.32. The minimum atomic E-state index is -2.74. The van der Waals surface area contributed by atoms with E-state index in [1.165, 1.54) is 31.2 Å². The number of amides is 1. The van der Waals surface area contributed by atoms with E-state index in [9.17, 15) is 19.2 Å². The van der Waals surface area contributed by atoms with E-state index in [-0.39, 0.29) is 11.9 Å². The van der Waals surface area contributed by atoms with Crippen LogP contribution in [0.4, 0.5) is 0 Å². The first kappa shape index (κ1) is 31.3. The second-order valence-electron chi connectivity index (χ2n) is 10.3. The second-order valence-corrected chi connectivity index (χ2v) is 10.3. The zero-order valence-electron chi connectivity index (χ0n) is 23.0. The third-order valence-electron chi connectivity index (χ3n) is 7.66. The summed E-state index contributed by atoms with van der Waals surface area (Å²) in [4.78, 5) is 47.5. The van der Waals surface area contributed by atoms with Gasteiger partial charge in [0.15, 0.2) is 17.1 Å². The minimum absolute atomic E-state index is 0.0539. The van der Waals surface area contributed by atoms with E-state index >= 15 is 0 Å². The number of benzene rings is 1. The molecule has 222 valence electrons. The van der Waals surface area contributed by atoms with Crippen LogP contribution in [0.2, 0.25) is 0 Å². The highest BCUT2D eigenvalue weighted by Gasteiger charge is 2.52. The molecular formula is C29H36N2O10. The van der Waals surface area contributed by atoms with Crippen molar-refractivity contribution in [2.45, 2.75) is 62.5 Å². The highest BCUT2D eigenvalue weighted by Crippen LogP contribution is 2.55. The first-order chi connectivity index (χ1) is 19.5. The topological polar surface area (TPSA) is 193 Å². The summed E-state index contributed by atoms with van der Waals surface area (Å²) < 4.78 is 10.9. The third-order valence-corrected chi connectivity index (χ3v) is 7.66. The highest BCUT2D eigenvalue weighted by atomic mass is 16.5. The van der Waals surface area contributed by atoms with E-state index in [1.54, 1.807) is 20.4 Å². The van der Waals surface area contributed by atoms with E-state index in [0.717, 1.165) is 17.2 Å². The van der Waals surface area contributed by atoms with Crippen LogP contribution in [0.3, 0.4) is 0 Å². The summed E-state index contributed by atoms with van der Waals surface area (Å²) in [5.41, 5.74) is -0.705. The average molecular weight is 573 g/mol. The number of aliphatic carboxylic acids is 3. The molecule has 2 unspecified atom stereocenters. The van der Waals surface area contributed by atoms with Crippen molar-refractivity contribution >= 4 is 23.8 Å². The van der Waals surface area contributed by atoms with Crippen molar-refractivity contribution in [2.24, 2.45) is 11.8 Å². The predicted molar refractivity (Wildman–Crippen MR) is 145 cm³/mol. The molecule has 1 heterocycles. The van der Waals surface area contributed by atoms with Crippen LogP contribution in [-0.2, 0) is 25.6 Å². The number of carboxylic acids is 3. The fourth-order valence-electron chi connectivity index (χ4n) is 5.80. The molecule has 0 aliphatic heterocycles. The number of aliphatic hydroxyl groups is 1. The van der Waals surface area contributed by atoms with Gasteiger partial charge >= 0.3 is 17.9 Å². The zero-order chi connectivity index (χ0) is 30.2. The number of carbonyl (C=O) groups is 4. The number of hydrogen-bond acceptors (Lipinski definition) is 8. The Balaban J connectivity index is 0.000000302. The molecule has 12 heteroatoms. The molecular weight excluding hydrogens is 536 g/mol. The maximum absolute atomic E-state index is 12.7. The number of ether oxygens (including phenoxy) is 2. The monoisotopic (exact) mass is 572 g/mol. The maximum atomic E-state index is 12.7. The Bertz CT molecular complexity index is 1220. The van der Waals surface area contributed by atoms with Gasteiger partial charge in [0.05, 0.1) is 33.5 Å². The Morgan fingerprint density at radius 1 is 0.927 bits per heavy atom. The molecule has 0 radical (unpaired) electrons. The lowest BCUT2D eigenvalue weighted by atomic mass is 9.53. The Labute approximate surface area is 237 Å². The average Bonchev–Trinajstić information content (AvgIpc) is 2.92. The van der Waals surface area contributed by atoms with Crippen molar-refractivity contribution in [3.63, 3.8) is 0 Å². The number of aromatic nitrogens is 1. The number of methoxy groups -OCH3 is 2. The van der Waals surface area contributed by atoms with Gasteiger partial charge in [0, 0.05) is 23.9 Å². The van der Waals surface area contributed by atoms with E-state index in [0.29, 0.717) is 24.2 Å². The van der Waals surface area contributed by atoms with Crippen LogP contribution >= 0.6 is 0 Å². The number of carboxylic acid groups (broad SMARTS) is 3. The Morgan fingerprint density at radius 2 is 1.56 bits per heavy atom. The first-order valence-electron chi connectivity index (χ1n) is 13.3. The van der Waals surface area contributed by atoms with Gasteiger partial charge in [-0.3, -0.25) is 19.4 Å².